The second-order valence-electron chi connectivity index (χ2n) is 6.60. The van der Waals surface area contributed by atoms with Crippen LogP contribution in [-0.2, 0) is 15.7 Å². The average Bonchev–Trinajstić information content (AvgIpc) is 2.77. The highest BCUT2D eigenvalue weighted by molar-refractivity contribution is 5.99. The summed E-state index contributed by atoms with van der Waals surface area (Å²) in [5, 5.41) is 2.57. The fraction of sp³-hybridized carbons (Fsp3) is 0.500. The smallest absolute Gasteiger partial charge is 0.416 e. The molecule has 0 radical (unpaired) electrons. The van der Waals surface area contributed by atoms with Crippen LogP contribution in [0.2, 0.25) is 0 Å². The molecule has 24 heavy (non-hydrogen) atoms. The van der Waals surface area contributed by atoms with Crippen molar-refractivity contribution in [3.05, 3.63) is 29.8 Å². The largest absolute Gasteiger partial charge is 0.436 e. The van der Waals surface area contributed by atoms with Gasteiger partial charge in [0.2, 0.25) is 0 Å². The predicted octanol–water partition coefficient (Wildman–Crippen LogP) is 3.34. The third-order valence-corrected chi connectivity index (χ3v) is 3.37. The van der Waals surface area contributed by atoms with Gasteiger partial charge in [0, 0.05) is 24.2 Å². The van der Waals surface area contributed by atoms with Crippen LogP contribution >= 0.6 is 0 Å². The molecule has 0 bridgehead atoms. The summed E-state index contributed by atoms with van der Waals surface area (Å²) in [5.41, 5.74) is -1.21. The van der Waals surface area contributed by atoms with Crippen molar-refractivity contribution in [2.24, 2.45) is 0 Å². The second-order valence-corrected chi connectivity index (χ2v) is 6.60. The first kappa shape index (κ1) is 18.1. The fourth-order valence-corrected chi connectivity index (χ4v) is 2.33. The minimum Gasteiger partial charge on any atom is -0.436 e. The van der Waals surface area contributed by atoms with E-state index < -0.39 is 35.4 Å². The first-order valence-corrected chi connectivity index (χ1v) is 7.45. The molecule has 1 heterocycles. The van der Waals surface area contributed by atoms with Gasteiger partial charge in [-0.05, 0) is 39.0 Å². The van der Waals surface area contributed by atoms with Gasteiger partial charge in [-0.1, -0.05) is 6.07 Å². The Morgan fingerprint density at radius 3 is 2.54 bits per heavy atom. The van der Waals surface area contributed by atoms with E-state index in [1.54, 1.807) is 20.8 Å². The number of halogens is 3. The van der Waals surface area contributed by atoms with Gasteiger partial charge in [0.05, 0.1) is 5.56 Å². The number of carbonyl (C=O) groups excluding carboxylic acids is 2. The molecule has 5 nitrogen and oxygen atoms in total. The van der Waals surface area contributed by atoms with E-state index in [2.05, 4.69) is 5.32 Å². The molecule has 1 fully saturated rings. The molecular weight excluding hydrogens is 325 g/mol. The molecule has 2 amide bonds. The summed E-state index contributed by atoms with van der Waals surface area (Å²) in [7, 11) is 0. The Hall–Kier alpha value is -2.25. The molecule has 0 aliphatic carbocycles. The summed E-state index contributed by atoms with van der Waals surface area (Å²) in [5.74, 6) is -0.529. The molecule has 1 saturated heterocycles. The number of nitrogens with zero attached hydrogens (tertiary/aromatic N) is 1. The quantitative estimate of drug-likeness (QED) is 0.895. The first-order chi connectivity index (χ1) is 11.0. The van der Waals surface area contributed by atoms with Gasteiger partial charge in [-0.25, -0.2) is 4.79 Å². The lowest BCUT2D eigenvalue weighted by Crippen LogP contribution is -2.43. The van der Waals surface area contributed by atoms with Gasteiger partial charge in [-0.3, -0.25) is 4.79 Å². The summed E-state index contributed by atoms with van der Waals surface area (Å²) in [6, 6.07) is 4.51. The molecule has 2 rings (SSSR count). The van der Waals surface area contributed by atoms with Crippen LogP contribution in [-0.4, -0.2) is 30.2 Å². The standard InChI is InChI=1S/C16H19F3N2O3/c1-15(2,3)20-14(23)24-12-7-8-21(13(12)22)11-6-4-5-10(9-11)16(17,18)19/h4-6,9,12H,7-8H2,1-3H3,(H,20,23). The van der Waals surface area contributed by atoms with Crippen molar-refractivity contribution in [2.45, 2.75) is 45.0 Å². The molecule has 132 valence electrons. The number of amides is 2. The third-order valence-electron chi connectivity index (χ3n) is 3.37. The Bertz CT molecular complexity index is 638. The number of benzene rings is 1. The SMILES string of the molecule is CC(C)(C)NC(=O)OC1CCN(c2cccc(C(F)(F)F)c2)C1=O. The van der Waals surface area contributed by atoms with E-state index in [0.29, 0.717) is 0 Å². The number of alkyl carbamates (subject to hydrolysis) is 1. The van der Waals surface area contributed by atoms with Gasteiger partial charge >= 0.3 is 12.3 Å². The Labute approximate surface area is 137 Å². The second kappa shape index (κ2) is 6.33. The van der Waals surface area contributed by atoms with Crippen LogP contribution in [0.15, 0.2) is 24.3 Å². The van der Waals surface area contributed by atoms with Crippen molar-refractivity contribution in [2.75, 3.05) is 11.4 Å². The van der Waals surface area contributed by atoms with Crippen molar-refractivity contribution in [3.63, 3.8) is 0 Å². The van der Waals surface area contributed by atoms with Gasteiger partial charge in [-0.2, -0.15) is 13.2 Å². The zero-order valence-corrected chi connectivity index (χ0v) is 13.6. The van der Waals surface area contributed by atoms with E-state index in [-0.39, 0.29) is 18.7 Å². The highest BCUT2D eigenvalue weighted by Gasteiger charge is 2.37. The molecule has 1 aliphatic rings. The van der Waals surface area contributed by atoms with E-state index >= 15 is 0 Å². The normalized spacial score (nSPS) is 18.7. The van der Waals surface area contributed by atoms with E-state index in [9.17, 15) is 22.8 Å². The number of carbonyl (C=O) groups is 2. The van der Waals surface area contributed by atoms with Gasteiger partial charge in [0.25, 0.3) is 5.91 Å². The zero-order chi connectivity index (χ0) is 18.1. The Morgan fingerprint density at radius 1 is 1.29 bits per heavy atom. The topological polar surface area (TPSA) is 58.6 Å². The highest BCUT2D eigenvalue weighted by Crippen LogP contribution is 2.33. The molecule has 8 heteroatoms. The highest BCUT2D eigenvalue weighted by atomic mass is 19.4. The number of ether oxygens (including phenoxy) is 1. The van der Waals surface area contributed by atoms with Crippen molar-refractivity contribution in [1.29, 1.82) is 0 Å². The minimum absolute atomic E-state index is 0.136. The van der Waals surface area contributed by atoms with Gasteiger partial charge in [0.15, 0.2) is 6.10 Å². The minimum atomic E-state index is -4.48. The number of nitrogens with one attached hydrogen (secondary N) is 1. The van der Waals surface area contributed by atoms with E-state index in [0.717, 1.165) is 12.1 Å². The third kappa shape index (κ3) is 4.39. The number of alkyl halides is 3. The van der Waals surface area contributed by atoms with E-state index in [1.807, 2.05) is 0 Å². The van der Waals surface area contributed by atoms with Crippen LogP contribution < -0.4 is 10.2 Å². The van der Waals surface area contributed by atoms with Crippen molar-refractivity contribution < 1.29 is 27.5 Å². The Morgan fingerprint density at radius 2 is 1.96 bits per heavy atom. The van der Waals surface area contributed by atoms with Gasteiger partial charge in [-0.15, -0.1) is 0 Å². The Kier molecular flexibility index (Phi) is 4.77. The molecule has 1 aromatic rings. The lowest BCUT2D eigenvalue weighted by atomic mass is 10.1. The number of hydrogen-bond acceptors (Lipinski definition) is 3. The van der Waals surface area contributed by atoms with Crippen LogP contribution in [0, 0.1) is 0 Å². The molecule has 0 aromatic heterocycles. The van der Waals surface area contributed by atoms with Crippen LogP contribution in [0.4, 0.5) is 23.7 Å². The maximum absolute atomic E-state index is 12.8. The molecular formula is C16H19F3N2O3. The van der Waals surface area contributed by atoms with E-state index in [4.69, 9.17) is 4.74 Å². The first-order valence-electron chi connectivity index (χ1n) is 7.45. The van der Waals surface area contributed by atoms with E-state index in [1.165, 1.54) is 17.0 Å². The summed E-state index contributed by atoms with van der Waals surface area (Å²) < 4.78 is 43.4. The lowest BCUT2D eigenvalue weighted by molar-refractivity contribution is -0.137. The van der Waals surface area contributed by atoms with Crippen LogP contribution in [0.25, 0.3) is 0 Å². The summed E-state index contributed by atoms with van der Waals surface area (Å²) in [6.45, 7) is 5.48. The maximum atomic E-state index is 12.8. The molecule has 1 unspecified atom stereocenters. The number of anilines is 1. The number of rotatable bonds is 2. The van der Waals surface area contributed by atoms with Crippen LogP contribution in [0.3, 0.4) is 0 Å². The monoisotopic (exact) mass is 344 g/mol. The van der Waals surface area contributed by atoms with Crippen molar-refractivity contribution in [1.82, 2.24) is 5.32 Å². The van der Waals surface area contributed by atoms with Crippen molar-refractivity contribution >= 4 is 17.7 Å². The zero-order valence-electron chi connectivity index (χ0n) is 13.6. The van der Waals surface area contributed by atoms with Crippen LogP contribution in [0.5, 0.6) is 0 Å². The molecule has 1 N–H and O–H groups in total. The molecule has 1 atom stereocenters. The summed E-state index contributed by atoms with van der Waals surface area (Å²) in [4.78, 5) is 25.2. The van der Waals surface area contributed by atoms with Gasteiger partial charge in [0.1, 0.15) is 0 Å². The molecule has 1 aromatic carbocycles. The van der Waals surface area contributed by atoms with Crippen molar-refractivity contribution in [3.8, 4) is 0 Å². The predicted molar refractivity (Wildman–Crippen MR) is 81.6 cm³/mol. The molecule has 1 aliphatic heterocycles. The maximum Gasteiger partial charge on any atom is 0.416 e. The van der Waals surface area contributed by atoms with Crippen LogP contribution in [0.1, 0.15) is 32.8 Å². The summed E-state index contributed by atoms with van der Waals surface area (Å²) >= 11 is 0. The summed E-state index contributed by atoms with van der Waals surface area (Å²) in [6.07, 6.45) is -5.98. The molecule has 0 spiro atoms. The average molecular weight is 344 g/mol. The lowest BCUT2D eigenvalue weighted by Gasteiger charge is -2.22. The Balaban J connectivity index is 2.08. The molecule has 0 saturated carbocycles. The number of hydrogen-bond donors (Lipinski definition) is 1. The fourth-order valence-electron chi connectivity index (χ4n) is 2.33. The van der Waals surface area contributed by atoms with Gasteiger partial charge < -0.3 is 15.0 Å².